The van der Waals surface area contributed by atoms with Crippen molar-refractivity contribution in [2.24, 2.45) is 0 Å². The predicted molar refractivity (Wildman–Crippen MR) is 70.4 cm³/mol. The second kappa shape index (κ2) is 4.26. The van der Waals surface area contributed by atoms with Gasteiger partial charge in [0.2, 0.25) is 0 Å². The van der Waals surface area contributed by atoms with E-state index in [-0.39, 0.29) is 5.91 Å². The number of hydrogen-bond donors (Lipinski definition) is 1. The molecule has 3 rings (SSSR count). The Morgan fingerprint density at radius 1 is 1.11 bits per heavy atom. The first-order valence-electron chi connectivity index (χ1n) is 6.08. The van der Waals surface area contributed by atoms with Crippen LogP contribution in [0, 0.1) is 6.92 Å². The fourth-order valence-corrected chi connectivity index (χ4v) is 2.53. The van der Waals surface area contributed by atoms with Crippen LogP contribution in [-0.4, -0.2) is 17.4 Å². The molecule has 3 heteroatoms. The van der Waals surface area contributed by atoms with E-state index < -0.39 is 0 Å². The first kappa shape index (κ1) is 11.0. The van der Waals surface area contributed by atoms with E-state index in [0.29, 0.717) is 0 Å². The third-order valence-corrected chi connectivity index (χ3v) is 3.49. The van der Waals surface area contributed by atoms with Crippen LogP contribution in [0.2, 0.25) is 0 Å². The van der Waals surface area contributed by atoms with Gasteiger partial charge in [0.15, 0.2) is 0 Å². The van der Waals surface area contributed by atoms with Gasteiger partial charge < -0.3 is 5.32 Å². The Bertz CT molecular complexity index is 605. The Morgan fingerprint density at radius 3 is 2.61 bits per heavy atom. The third kappa shape index (κ3) is 1.68. The number of rotatable bonds is 1. The first-order chi connectivity index (χ1) is 8.77. The van der Waals surface area contributed by atoms with Gasteiger partial charge in [0, 0.05) is 24.5 Å². The van der Waals surface area contributed by atoms with Crippen LogP contribution >= 0.6 is 0 Å². The fraction of sp³-hybridized carbons (Fsp3) is 0.200. The Hall–Kier alpha value is -2.16. The number of nitrogens with zero attached hydrogens (tertiary/aromatic N) is 1. The van der Waals surface area contributed by atoms with Crippen molar-refractivity contribution in [1.82, 2.24) is 10.3 Å². The second-order valence-electron chi connectivity index (χ2n) is 4.51. The molecule has 0 saturated heterocycles. The standard InChI is InChI=1S/C15H14N2O/c1-10-12(11-4-7-16-8-5-11)2-3-14-13(10)6-9-17-15(14)18/h2-5,7-8H,6,9H2,1H3,(H,17,18). The number of benzene rings is 1. The average Bonchev–Trinajstić information content (AvgIpc) is 2.41. The number of pyridine rings is 1. The minimum absolute atomic E-state index is 0.0422. The van der Waals surface area contributed by atoms with Gasteiger partial charge in [0.25, 0.3) is 5.91 Å². The summed E-state index contributed by atoms with van der Waals surface area (Å²) in [7, 11) is 0. The van der Waals surface area contributed by atoms with Crippen LogP contribution < -0.4 is 5.32 Å². The molecular weight excluding hydrogens is 224 g/mol. The lowest BCUT2D eigenvalue weighted by Crippen LogP contribution is -2.32. The third-order valence-electron chi connectivity index (χ3n) is 3.49. The molecule has 0 saturated carbocycles. The highest BCUT2D eigenvalue weighted by atomic mass is 16.1. The van der Waals surface area contributed by atoms with Crippen molar-refractivity contribution < 1.29 is 4.79 Å². The lowest BCUT2D eigenvalue weighted by Gasteiger charge is -2.20. The molecule has 18 heavy (non-hydrogen) atoms. The van der Waals surface area contributed by atoms with Gasteiger partial charge in [-0.25, -0.2) is 0 Å². The normalized spacial score (nSPS) is 13.9. The summed E-state index contributed by atoms with van der Waals surface area (Å²) in [6.45, 7) is 2.82. The monoisotopic (exact) mass is 238 g/mol. The van der Waals surface area contributed by atoms with Gasteiger partial charge in [0.05, 0.1) is 0 Å². The van der Waals surface area contributed by atoms with E-state index in [0.717, 1.165) is 24.1 Å². The lowest BCUT2D eigenvalue weighted by molar-refractivity contribution is 0.0946. The molecule has 0 atom stereocenters. The minimum atomic E-state index is 0.0422. The van der Waals surface area contributed by atoms with Crippen LogP contribution in [0.15, 0.2) is 36.7 Å². The lowest BCUT2D eigenvalue weighted by atomic mass is 9.89. The van der Waals surface area contributed by atoms with Gasteiger partial charge in [-0.1, -0.05) is 6.07 Å². The largest absolute Gasteiger partial charge is 0.352 e. The van der Waals surface area contributed by atoms with Crippen molar-refractivity contribution in [3.8, 4) is 11.1 Å². The summed E-state index contributed by atoms with van der Waals surface area (Å²) in [5.74, 6) is 0.0422. The number of nitrogens with one attached hydrogen (secondary N) is 1. The molecule has 0 fully saturated rings. The Balaban J connectivity index is 2.17. The summed E-state index contributed by atoms with van der Waals surface area (Å²) in [6.07, 6.45) is 4.49. The number of hydrogen-bond acceptors (Lipinski definition) is 2. The molecule has 2 aromatic rings. The van der Waals surface area contributed by atoms with E-state index >= 15 is 0 Å². The SMILES string of the molecule is Cc1c(-c2ccncc2)ccc2c1CCNC2=O. The first-order valence-corrected chi connectivity index (χ1v) is 6.08. The summed E-state index contributed by atoms with van der Waals surface area (Å²) < 4.78 is 0. The summed E-state index contributed by atoms with van der Waals surface area (Å²) in [4.78, 5) is 15.8. The topological polar surface area (TPSA) is 42.0 Å². The van der Waals surface area contributed by atoms with E-state index in [1.165, 1.54) is 16.7 Å². The maximum Gasteiger partial charge on any atom is 0.251 e. The zero-order valence-corrected chi connectivity index (χ0v) is 10.2. The summed E-state index contributed by atoms with van der Waals surface area (Å²) in [6, 6.07) is 7.94. The molecule has 1 aliphatic rings. The van der Waals surface area contributed by atoms with Crippen LogP contribution in [0.4, 0.5) is 0 Å². The van der Waals surface area contributed by atoms with Crippen LogP contribution in [-0.2, 0) is 6.42 Å². The average molecular weight is 238 g/mol. The molecule has 1 aromatic carbocycles. The van der Waals surface area contributed by atoms with Crippen LogP contribution in [0.1, 0.15) is 21.5 Å². The van der Waals surface area contributed by atoms with E-state index in [4.69, 9.17) is 0 Å². The van der Waals surface area contributed by atoms with E-state index in [1.807, 2.05) is 24.3 Å². The summed E-state index contributed by atoms with van der Waals surface area (Å²) in [5, 5.41) is 2.88. The highest BCUT2D eigenvalue weighted by Gasteiger charge is 2.19. The molecule has 0 unspecified atom stereocenters. The van der Waals surface area contributed by atoms with Gasteiger partial charge in [-0.05, 0) is 53.8 Å². The molecule has 2 heterocycles. The van der Waals surface area contributed by atoms with Gasteiger partial charge in [0.1, 0.15) is 0 Å². The minimum Gasteiger partial charge on any atom is -0.352 e. The van der Waals surface area contributed by atoms with E-state index in [9.17, 15) is 4.79 Å². The molecule has 1 N–H and O–H groups in total. The van der Waals surface area contributed by atoms with Crippen molar-refractivity contribution >= 4 is 5.91 Å². The van der Waals surface area contributed by atoms with Gasteiger partial charge >= 0.3 is 0 Å². The van der Waals surface area contributed by atoms with Crippen molar-refractivity contribution in [2.75, 3.05) is 6.54 Å². The molecule has 3 nitrogen and oxygen atoms in total. The molecular formula is C15H14N2O. The Labute approximate surface area is 106 Å². The maximum atomic E-state index is 11.8. The number of carbonyl (C=O) groups excluding carboxylic acids is 1. The van der Waals surface area contributed by atoms with Crippen LogP contribution in [0.3, 0.4) is 0 Å². The van der Waals surface area contributed by atoms with E-state index in [2.05, 4.69) is 17.2 Å². The Kier molecular flexibility index (Phi) is 2.59. The Morgan fingerprint density at radius 2 is 1.83 bits per heavy atom. The van der Waals surface area contributed by atoms with Gasteiger partial charge in [-0.15, -0.1) is 0 Å². The van der Waals surface area contributed by atoms with Crippen molar-refractivity contribution in [3.05, 3.63) is 53.3 Å². The highest BCUT2D eigenvalue weighted by Crippen LogP contribution is 2.29. The molecule has 0 spiro atoms. The quantitative estimate of drug-likeness (QED) is 0.828. The molecule has 90 valence electrons. The molecule has 1 amide bonds. The zero-order valence-electron chi connectivity index (χ0n) is 10.2. The van der Waals surface area contributed by atoms with E-state index in [1.54, 1.807) is 12.4 Å². The molecule has 1 aromatic heterocycles. The van der Waals surface area contributed by atoms with Gasteiger partial charge in [-0.2, -0.15) is 0 Å². The maximum absolute atomic E-state index is 11.8. The van der Waals surface area contributed by atoms with Crippen LogP contribution in [0.5, 0.6) is 0 Å². The molecule has 0 radical (unpaired) electrons. The highest BCUT2D eigenvalue weighted by molar-refractivity contribution is 5.98. The molecule has 0 aliphatic carbocycles. The van der Waals surface area contributed by atoms with Crippen molar-refractivity contribution in [1.29, 1.82) is 0 Å². The molecule has 0 bridgehead atoms. The summed E-state index contributed by atoms with van der Waals surface area (Å²) >= 11 is 0. The number of fused-ring (bicyclic) bond motifs is 1. The predicted octanol–water partition coefficient (Wildman–Crippen LogP) is 2.34. The van der Waals surface area contributed by atoms with Crippen molar-refractivity contribution in [3.63, 3.8) is 0 Å². The smallest absolute Gasteiger partial charge is 0.251 e. The fourth-order valence-electron chi connectivity index (χ4n) is 2.53. The number of aromatic nitrogens is 1. The van der Waals surface area contributed by atoms with Crippen LogP contribution in [0.25, 0.3) is 11.1 Å². The second-order valence-corrected chi connectivity index (χ2v) is 4.51. The molecule has 1 aliphatic heterocycles. The number of amides is 1. The number of carbonyl (C=O) groups is 1. The van der Waals surface area contributed by atoms with Crippen molar-refractivity contribution in [2.45, 2.75) is 13.3 Å². The summed E-state index contributed by atoms with van der Waals surface area (Å²) in [5.41, 5.74) is 5.53. The zero-order chi connectivity index (χ0) is 12.5. The van der Waals surface area contributed by atoms with Gasteiger partial charge in [-0.3, -0.25) is 9.78 Å².